The van der Waals surface area contributed by atoms with E-state index in [1.807, 2.05) is 12.4 Å². The lowest BCUT2D eigenvalue weighted by molar-refractivity contribution is 0.202. The number of hydrogen-bond donors (Lipinski definition) is 1. The summed E-state index contributed by atoms with van der Waals surface area (Å²) in [6, 6.07) is 0.480. The molecule has 21 heavy (non-hydrogen) atoms. The molecule has 116 valence electrons. The van der Waals surface area contributed by atoms with E-state index >= 15 is 0 Å². The van der Waals surface area contributed by atoms with Crippen LogP contribution < -0.4 is 10.2 Å². The Hall–Kier alpha value is -1.16. The van der Waals surface area contributed by atoms with Gasteiger partial charge in [0.1, 0.15) is 5.82 Å². The summed E-state index contributed by atoms with van der Waals surface area (Å²) in [5, 5.41) is 3.42. The summed E-state index contributed by atoms with van der Waals surface area (Å²) in [6.07, 6.45) is 10.9. The van der Waals surface area contributed by atoms with E-state index in [0.717, 1.165) is 36.4 Å². The van der Waals surface area contributed by atoms with Gasteiger partial charge < -0.3 is 10.2 Å². The molecule has 2 unspecified atom stereocenters. The maximum absolute atomic E-state index is 4.81. The number of aromatic nitrogens is 2. The predicted octanol–water partition coefficient (Wildman–Crippen LogP) is 2.99. The molecule has 0 aromatic carbocycles. The zero-order chi connectivity index (χ0) is 14.7. The molecular formula is C17H28N4. The van der Waals surface area contributed by atoms with E-state index in [9.17, 15) is 0 Å². The highest BCUT2D eigenvalue weighted by Crippen LogP contribution is 2.36. The third-order valence-corrected chi connectivity index (χ3v) is 4.98. The summed E-state index contributed by atoms with van der Waals surface area (Å²) >= 11 is 0. The second-order valence-electron chi connectivity index (χ2n) is 6.94. The van der Waals surface area contributed by atoms with Gasteiger partial charge in [0, 0.05) is 31.9 Å². The van der Waals surface area contributed by atoms with Crippen LogP contribution in [0, 0.1) is 11.8 Å². The van der Waals surface area contributed by atoms with Gasteiger partial charge in [-0.25, -0.2) is 4.98 Å². The van der Waals surface area contributed by atoms with Gasteiger partial charge in [-0.2, -0.15) is 0 Å². The molecule has 1 aromatic rings. The first kappa shape index (κ1) is 14.8. The normalized spacial score (nSPS) is 26.0. The van der Waals surface area contributed by atoms with Crippen LogP contribution in [0.3, 0.4) is 0 Å². The first-order valence-corrected chi connectivity index (χ1v) is 8.51. The van der Waals surface area contributed by atoms with Crippen molar-refractivity contribution in [2.45, 2.75) is 58.5 Å². The maximum Gasteiger partial charge on any atom is 0.147 e. The van der Waals surface area contributed by atoms with Crippen LogP contribution in [0.1, 0.15) is 51.6 Å². The smallest absolute Gasteiger partial charge is 0.147 e. The molecule has 1 saturated carbocycles. The lowest BCUT2D eigenvalue weighted by atomic mass is 9.75. The number of piperidine rings is 1. The van der Waals surface area contributed by atoms with Gasteiger partial charge in [0.25, 0.3) is 0 Å². The number of hydrogen-bond acceptors (Lipinski definition) is 4. The molecule has 3 rings (SSSR count). The Bertz CT molecular complexity index is 460. The highest BCUT2D eigenvalue weighted by Gasteiger charge is 2.31. The Morgan fingerprint density at radius 3 is 2.81 bits per heavy atom. The van der Waals surface area contributed by atoms with Crippen molar-refractivity contribution in [3.8, 4) is 0 Å². The Kier molecular flexibility index (Phi) is 4.73. The molecule has 1 saturated heterocycles. The Balaban J connectivity index is 1.64. The van der Waals surface area contributed by atoms with Crippen molar-refractivity contribution < 1.29 is 0 Å². The summed E-state index contributed by atoms with van der Waals surface area (Å²) in [5.41, 5.74) is 1.05. The van der Waals surface area contributed by atoms with Crippen LogP contribution in [-0.2, 0) is 6.54 Å². The van der Waals surface area contributed by atoms with Crippen molar-refractivity contribution in [3.63, 3.8) is 0 Å². The number of rotatable bonds is 4. The summed E-state index contributed by atoms with van der Waals surface area (Å²) < 4.78 is 0. The second kappa shape index (κ2) is 6.73. The Morgan fingerprint density at radius 1 is 1.19 bits per heavy atom. The van der Waals surface area contributed by atoms with E-state index in [2.05, 4.69) is 29.0 Å². The third-order valence-electron chi connectivity index (χ3n) is 4.98. The van der Waals surface area contributed by atoms with Crippen molar-refractivity contribution in [3.05, 3.63) is 18.1 Å². The minimum Gasteiger partial charge on any atom is -0.355 e. The van der Waals surface area contributed by atoms with Crippen LogP contribution in [-0.4, -0.2) is 29.1 Å². The first-order valence-electron chi connectivity index (χ1n) is 8.51. The lowest BCUT2D eigenvalue weighted by Gasteiger charge is -2.41. The molecule has 1 N–H and O–H groups in total. The van der Waals surface area contributed by atoms with Crippen LogP contribution in [0.4, 0.5) is 5.82 Å². The van der Waals surface area contributed by atoms with Crippen LogP contribution in [0.2, 0.25) is 0 Å². The molecule has 4 nitrogen and oxygen atoms in total. The first-order chi connectivity index (χ1) is 10.2. The van der Waals surface area contributed by atoms with Crippen molar-refractivity contribution >= 4 is 5.82 Å². The molecule has 0 bridgehead atoms. The van der Waals surface area contributed by atoms with E-state index in [-0.39, 0.29) is 0 Å². The van der Waals surface area contributed by atoms with Gasteiger partial charge in [0.05, 0.1) is 11.9 Å². The maximum atomic E-state index is 4.81. The van der Waals surface area contributed by atoms with Gasteiger partial charge in [0.15, 0.2) is 0 Å². The topological polar surface area (TPSA) is 41.1 Å². The molecule has 4 heteroatoms. The fourth-order valence-electron chi connectivity index (χ4n) is 3.75. The molecule has 0 spiro atoms. The zero-order valence-corrected chi connectivity index (χ0v) is 13.4. The van der Waals surface area contributed by atoms with E-state index in [1.165, 1.54) is 38.6 Å². The molecule has 2 atom stereocenters. The minimum atomic E-state index is 0.480. The van der Waals surface area contributed by atoms with E-state index in [0.29, 0.717) is 6.04 Å². The van der Waals surface area contributed by atoms with Crippen molar-refractivity contribution in [2.24, 2.45) is 11.8 Å². The summed E-state index contributed by atoms with van der Waals surface area (Å²) in [6.45, 7) is 7.45. The van der Waals surface area contributed by atoms with Crippen LogP contribution in [0.15, 0.2) is 12.4 Å². The fraction of sp³-hybridized carbons (Fsp3) is 0.765. The Labute approximate surface area is 128 Å². The highest BCUT2D eigenvalue weighted by molar-refractivity contribution is 5.37. The number of nitrogens with zero attached hydrogens (tertiary/aromatic N) is 3. The highest BCUT2D eigenvalue weighted by atomic mass is 15.2. The molecule has 2 aliphatic rings. The number of nitrogens with one attached hydrogen (secondary N) is 1. The molecule has 2 fully saturated rings. The van der Waals surface area contributed by atoms with Crippen LogP contribution in [0.25, 0.3) is 0 Å². The quantitative estimate of drug-likeness (QED) is 0.925. The summed E-state index contributed by atoms with van der Waals surface area (Å²) in [5.74, 6) is 2.92. The molecule has 1 aliphatic heterocycles. The molecule has 0 radical (unpaired) electrons. The van der Waals surface area contributed by atoms with Gasteiger partial charge in [-0.05, 0) is 24.7 Å². The monoisotopic (exact) mass is 288 g/mol. The van der Waals surface area contributed by atoms with Crippen molar-refractivity contribution in [1.29, 1.82) is 0 Å². The van der Waals surface area contributed by atoms with Crippen LogP contribution in [0.5, 0.6) is 0 Å². The van der Waals surface area contributed by atoms with Crippen molar-refractivity contribution in [1.82, 2.24) is 15.3 Å². The average molecular weight is 288 g/mol. The predicted molar refractivity (Wildman–Crippen MR) is 86.3 cm³/mol. The van der Waals surface area contributed by atoms with E-state index in [1.54, 1.807) is 0 Å². The SMILES string of the molecule is CC(C)NCc1cncc(N2CCC3CCCCC3C2)n1. The van der Waals surface area contributed by atoms with Crippen molar-refractivity contribution in [2.75, 3.05) is 18.0 Å². The van der Waals surface area contributed by atoms with Gasteiger partial charge in [-0.15, -0.1) is 0 Å². The standard InChI is InChI=1S/C17H28N4/c1-13(2)19-10-16-9-18-11-17(20-16)21-8-7-14-5-3-4-6-15(14)12-21/h9,11,13-15,19H,3-8,10,12H2,1-2H3. The molecule has 0 amide bonds. The summed E-state index contributed by atoms with van der Waals surface area (Å²) in [7, 11) is 0. The Morgan fingerprint density at radius 2 is 2.00 bits per heavy atom. The van der Waals surface area contributed by atoms with Gasteiger partial charge >= 0.3 is 0 Å². The second-order valence-corrected chi connectivity index (χ2v) is 6.94. The van der Waals surface area contributed by atoms with Crippen LogP contribution >= 0.6 is 0 Å². The number of fused-ring (bicyclic) bond motifs is 1. The fourth-order valence-corrected chi connectivity index (χ4v) is 3.75. The molecule has 1 aromatic heterocycles. The van der Waals surface area contributed by atoms with Gasteiger partial charge in [-0.1, -0.05) is 33.1 Å². The lowest BCUT2D eigenvalue weighted by Crippen LogP contribution is -2.42. The largest absolute Gasteiger partial charge is 0.355 e. The molecule has 1 aliphatic carbocycles. The summed E-state index contributed by atoms with van der Waals surface area (Å²) in [4.78, 5) is 11.7. The number of anilines is 1. The molecule has 2 heterocycles. The minimum absolute atomic E-state index is 0.480. The molecular weight excluding hydrogens is 260 g/mol. The third kappa shape index (κ3) is 3.73. The zero-order valence-electron chi connectivity index (χ0n) is 13.4. The van der Waals surface area contributed by atoms with Gasteiger partial charge in [0.2, 0.25) is 0 Å². The van der Waals surface area contributed by atoms with E-state index < -0.39 is 0 Å². The van der Waals surface area contributed by atoms with E-state index in [4.69, 9.17) is 4.98 Å². The average Bonchev–Trinajstić information content (AvgIpc) is 2.53. The van der Waals surface area contributed by atoms with Gasteiger partial charge in [-0.3, -0.25) is 4.98 Å².